The number of rotatable bonds is 9. The number of nitrogens with one attached hydrogen (secondary N) is 1. The number of likely N-dealkylation sites (N-methyl/N-ethyl adjacent to an activating group) is 1. The molecule has 1 saturated carbocycles. The molecule has 4 nitrogen and oxygen atoms in total. The first-order valence-electron chi connectivity index (χ1n) is 7.98. The van der Waals surface area contributed by atoms with Crippen LogP contribution in [0.3, 0.4) is 0 Å². The zero-order chi connectivity index (χ0) is 13.9. The summed E-state index contributed by atoms with van der Waals surface area (Å²) >= 11 is 0. The smallest absolute Gasteiger partial charge is 0.188 e. The zero-order valence-electron chi connectivity index (χ0n) is 12.8. The predicted octanol–water partition coefficient (Wildman–Crippen LogP) is 2.35. The van der Waals surface area contributed by atoms with E-state index in [1.165, 1.54) is 44.9 Å². The summed E-state index contributed by atoms with van der Waals surface area (Å²) in [6.07, 6.45) is 10.5. The fourth-order valence-corrected chi connectivity index (χ4v) is 2.68. The first-order chi connectivity index (χ1) is 9.24. The van der Waals surface area contributed by atoms with Crippen molar-refractivity contribution in [3.63, 3.8) is 0 Å². The Bertz CT molecular complexity index is 247. The maximum Gasteiger partial charge on any atom is 0.188 e. The minimum Gasteiger partial charge on any atom is -0.370 e. The summed E-state index contributed by atoms with van der Waals surface area (Å²) in [4.78, 5) is 6.81. The Morgan fingerprint density at radius 2 is 2.00 bits per heavy atom. The highest BCUT2D eigenvalue weighted by Gasteiger charge is 2.18. The molecule has 0 aromatic carbocycles. The van der Waals surface area contributed by atoms with Crippen LogP contribution in [0.1, 0.15) is 58.3 Å². The highest BCUT2D eigenvalue weighted by atomic mass is 15.2. The summed E-state index contributed by atoms with van der Waals surface area (Å²) < 4.78 is 0. The van der Waals surface area contributed by atoms with Gasteiger partial charge < -0.3 is 16.0 Å². The van der Waals surface area contributed by atoms with Crippen molar-refractivity contribution in [2.24, 2.45) is 10.7 Å². The lowest BCUT2D eigenvalue weighted by molar-refractivity contribution is 0.249. The lowest BCUT2D eigenvalue weighted by atomic mass is 10.2. The molecule has 0 aromatic heterocycles. The molecule has 0 atom stereocenters. The summed E-state index contributed by atoms with van der Waals surface area (Å²) in [5.41, 5.74) is 5.85. The summed E-state index contributed by atoms with van der Waals surface area (Å²) in [5.74, 6) is 0.608. The van der Waals surface area contributed by atoms with E-state index in [0.717, 1.165) is 32.1 Å². The molecule has 3 N–H and O–H groups in total. The third kappa shape index (κ3) is 7.41. The second-order valence-corrected chi connectivity index (χ2v) is 5.67. The third-order valence-electron chi connectivity index (χ3n) is 4.01. The second kappa shape index (κ2) is 10.1. The van der Waals surface area contributed by atoms with Gasteiger partial charge in [0.05, 0.1) is 0 Å². The van der Waals surface area contributed by atoms with Crippen LogP contribution in [-0.2, 0) is 0 Å². The largest absolute Gasteiger partial charge is 0.370 e. The van der Waals surface area contributed by atoms with Gasteiger partial charge in [-0.3, -0.25) is 4.99 Å². The van der Waals surface area contributed by atoms with Gasteiger partial charge in [0.25, 0.3) is 0 Å². The standard InChI is InChI=1S/C15H32N4/c1-3-4-5-8-11-17-15(16)18-12-13-19(2)14-9-6-7-10-14/h14H,3-13H2,1-2H3,(H3,16,17,18). The molecule has 0 heterocycles. The van der Waals surface area contributed by atoms with Crippen molar-refractivity contribution in [3.05, 3.63) is 0 Å². The molecule has 0 aromatic rings. The fraction of sp³-hybridized carbons (Fsp3) is 0.933. The van der Waals surface area contributed by atoms with Gasteiger partial charge in [-0.25, -0.2) is 0 Å². The Labute approximate surface area is 118 Å². The van der Waals surface area contributed by atoms with Gasteiger partial charge in [-0.2, -0.15) is 0 Å². The van der Waals surface area contributed by atoms with E-state index in [1.807, 2.05) is 0 Å². The molecule has 0 aliphatic heterocycles. The van der Waals surface area contributed by atoms with Crippen LogP contribution >= 0.6 is 0 Å². The average molecular weight is 268 g/mol. The van der Waals surface area contributed by atoms with Gasteiger partial charge in [-0.05, 0) is 26.3 Å². The molecular formula is C15H32N4. The molecule has 112 valence electrons. The van der Waals surface area contributed by atoms with E-state index in [1.54, 1.807) is 0 Å². The minimum absolute atomic E-state index is 0.608. The van der Waals surface area contributed by atoms with Crippen molar-refractivity contribution in [2.45, 2.75) is 64.3 Å². The number of aliphatic imine (C=N–C) groups is 1. The maximum absolute atomic E-state index is 5.85. The molecule has 1 rings (SSSR count). The van der Waals surface area contributed by atoms with Gasteiger partial charge in [0.15, 0.2) is 5.96 Å². The molecule has 1 aliphatic carbocycles. The minimum atomic E-state index is 0.608. The first-order valence-corrected chi connectivity index (χ1v) is 7.98. The molecule has 0 radical (unpaired) electrons. The van der Waals surface area contributed by atoms with Gasteiger partial charge in [0.2, 0.25) is 0 Å². The average Bonchev–Trinajstić information content (AvgIpc) is 2.92. The Morgan fingerprint density at radius 3 is 2.68 bits per heavy atom. The van der Waals surface area contributed by atoms with Gasteiger partial charge in [0, 0.05) is 25.7 Å². The van der Waals surface area contributed by atoms with Crippen LogP contribution in [-0.4, -0.2) is 43.6 Å². The van der Waals surface area contributed by atoms with Crippen molar-refractivity contribution in [1.82, 2.24) is 10.2 Å². The SMILES string of the molecule is CCCCCCN=C(N)NCCN(C)C1CCCC1. The van der Waals surface area contributed by atoms with Crippen LogP contribution in [0.15, 0.2) is 4.99 Å². The number of hydrogen-bond acceptors (Lipinski definition) is 2. The molecule has 0 bridgehead atoms. The van der Waals surface area contributed by atoms with Crippen LogP contribution in [0.2, 0.25) is 0 Å². The van der Waals surface area contributed by atoms with Crippen molar-refractivity contribution >= 4 is 5.96 Å². The Hall–Kier alpha value is -0.770. The van der Waals surface area contributed by atoms with Crippen LogP contribution in [0.25, 0.3) is 0 Å². The molecule has 0 amide bonds. The molecule has 1 aliphatic rings. The van der Waals surface area contributed by atoms with Crippen LogP contribution in [0.5, 0.6) is 0 Å². The molecule has 0 saturated heterocycles. The lowest BCUT2D eigenvalue weighted by Gasteiger charge is -2.23. The summed E-state index contributed by atoms with van der Waals surface area (Å²) in [7, 11) is 2.22. The van der Waals surface area contributed by atoms with Crippen molar-refractivity contribution in [2.75, 3.05) is 26.7 Å². The van der Waals surface area contributed by atoms with E-state index in [9.17, 15) is 0 Å². The number of hydrogen-bond donors (Lipinski definition) is 2. The van der Waals surface area contributed by atoms with E-state index >= 15 is 0 Å². The zero-order valence-corrected chi connectivity index (χ0v) is 12.8. The van der Waals surface area contributed by atoms with Crippen molar-refractivity contribution in [1.29, 1.82) is 0 Å². The quantitative estimate of drug-likeness (QED) is 0.383. The molecule has 0 unspecified atom stereocenters. The van der Waals surface area contributed by atoms with Crippen LogP contribution in [0.4, 0.5) is 0 Å². The lowest BCUT2D eigenvalue weighted by Crippen LogP contribution is -2.40. The molecule has 19 heavy (non-hydrogen) atoms. The van der Waals surface area contributed by atoms with E-state index in [4.69, 9.17) is 5.73 Å². The molecule has 4 heteroatoms. The Kier molecular flexibility index (Phi) is 8.63. The maximum atomic E-state index is 5.85. The normalized spacial score (nSPS) is 17.3. The highest BCUT2D eigenvalue weighted by molar-refractivity contribution is 5.77. The van der Waals surface area contributed by atoms with Gasteiger partial charge in [-0.15, -0.1) is 0 Å². The van der Waals surface area contributed by atoms with E-state index in [2.05, 4.69) is 29.2 Å². The highest BCUT2D eigenvalue weighted by Crippen LogP contribution is 2.21. The number of nitrogens with zero attached hydrogens (tertiary/aromatic N) is 2. The number of nitrogens with two attached hydrogens (primary N) is 1. The summed E-state index contributed by atoms with van der Waals surface area (Å²) in [5, 5.41) is 3.21. The number of guanidine groups is 1. The Balaban J connectivity index is 2.02. The van der Waals surface area contributed by atoms with Crippen molar-refractivity contribution in [3.8, 4) is 0 Å². The van der Waals surface area contributed by atoms with Gasteiger partial charge in [-0.1, -0.05) is 39.0 Å². The van der Waals surface area contributed by atoms with Gasteiger partial charge in [0.1, 0.15) is 0 Å². The molecular weight excluding hydrogens is 236 g/mol. The van der Waals surface area contributed by atoms with E-state index < -0.39 is 0 Å². The summed E-state index contributed by atoms with van der Waals surface area (Å²) in [6, 6.07) is 0.786. The fourth-order valence-electron chi connectivity index (χ4n) is 2.68. The summed E-state index contributed by atoms with van der Waals surface area (Å²) in [6.45, 7) is 5.03. The first kappa shape index (κ1) is 16.3. The van der Waals surface area contributed by atoms with Crippen LogP contribution < -0.4 is 11.1 Å². The van der Waals surface area contributed by atoms with Crippen molar-refractivity contribution < 1.29 is 0 Å². The monoisotopic (exact) mass is 268 g/mol. The molecule has 0 spiro atoms. The molecule has 1 fully saturated rings. The van der Waals surface area contributed by atoms with E-state index in [-0.39, 0.29) is 0 Å². The Morgan fingerprint density at radius 1 is 1.26 bits per heavy atom. The van der Waals surface area contributed by atoms with Gasteiger partial charge >= 0.3 is 0 Å². The predicted molar refractivity (Wildman–Crippen MR) is 83.5 cm³/mol. The van der Waals surface area contributed by atoms with Crippen LogP contribution in [0, 0.1) is 0 Å². The number of unbranched alkanes of at least 4 members (excludes halogenated alkanes) is 3. The third-order valence-corrected chi connectivity index (χ3v) is 4.01. The van der Waals surface area contributed by atoms with E-state index in [0.29, 0.717) is 5.96 Å². The second-order valence-electron chi connectivity index (χ2n) is 5.67. The topological polar surface area (TPSA) is 53.6 Å².